The summed E-state index contributed by atoms with van der Waals surface area (Å²) in [5.41, 5.74) is 3.14. The maximum absolute atomic E-state index is 13.7. The fraction of sp³-hybridized carbons (Fsp3) is 0.355. The molecule has 37 heavy (non-hydrogen) atoms. The Morgan fingerprint density at radius 2 is 1.62 bits per heavy atom. The van der Waals surface area contributed by atoms with Crippen LogP contribution in [0.25, 0.3) is 0 Å². The average Bonchev–Trinajstić information content (AvgIpc) is 2.89. The summed E-state index contributed by atoms with van der Waals surface area (Å²) in [6, 6.07) is 24.4. The molecule has 1 atom stereocenters. The number of nitrogens with zero attached hydrogens (tertiary/aromatic N) is 1. The summed E-state index contributed by atoms with van der Waals surface area (Å²) in [7, 11) is 0. The number of carbonyl (C=O) groups is 2. The van der Waals surface area contributed by atoms with E-state index < -0.39 is 6.04 Å². The van der Waals surface area contributed by atoms with Gasteiger partial charge in [-0.15, -0.1) is 0 Å². The molecule has 0 heterocycles. The Kier molecular flexibility index (Phi) is 11.0. The van der Waals surface area contributed by atoms with Crippen LogP contribution >= 0.6 is 11.6 Å². The highest BCUT2D eigenvalue weighted by molar-refractivity contribution is 6.30. The minimum absolute atomic E-state index is 0.0661. The number of hydrogen-bond acceptors (Lipinski definition) is 3. The van der Waals surface area contributed by atoms with Crippen molar-refractivity contribution in [3.8, 4) is 5.75 Å². The van der Waals surface area contributed by atoms with E-state index in [0.29, 0.717) is 49.2 Å². The summed E-state index contributed by atoms with van der Waals surface area (Å²) in [6.45, 7) is 7.48. The van der Waals surface area contributed by atoms with Crippen LogP contribution < -0.4 is 10.1 Å². The number of carbonyl (C=O) groups excluding carboxylic acids is 2. The van der Waals surface area contributed by atoms with E-state index in [1.807, 2.05) is 73.7 Å². The minimum Gasteiger partial charge on any atom is -0.494 e. The van der Waals surface area contributed by atoms with Crippen molar-refractivity contribution in [2.45, 2.75) is 52.6 Å². The third-order valence-corrected chi connectivity index (χ3v) is 6.43. The van der Waals surface area contributed by atoms with E-state index in [1.165, 1.54) is 0 Å². The lowest BCUT2D eigenvalue weighted by Crippen LogP contribution is -2.51. The number of aryl methyl sites for hydroxylation is 1. The van der Waals surface area contributed by atoms with Crippen molar-refractivity contribution >= 4 is 23.4 Å². The van der Waals surface area contributed by atoms with Gasteiger partial charge in [-0.2, -0.15) is 0 Å². The van der Waals surface area contributed by atoms with Crippen molar-refractivity contribution in [3.63, 3.8) is 0 Å². The molecule has 0 spiro atoms. The standard InChI is InChI=1S/C31H37ClN2O3/c1-23(2)21-33-31(36)29(20-25-11-5-4-6-12-25)34(22-26-13-8-7-10-24(26)3)30(35)14-9-19-37-28-17-15-27(32)16-18-28/h4-8,10-13,15-18,23,29H,9,14,19-22H2,1-3H3,(H,33,36)/t29-/m0/s1. The summed E-state index contributed by atoms with van der Waals surface area (Å²) in [6.07, 6.45) is 1.27. The molecule has 3 rings (SSSR count). The highest BCUT2D eigenvalue weighted by Gasteiger charge is 2.30. The van der Waals surface area contributed by atoms with Crippen LogP contribution in [0, 0.1) is 12.8 Å². The van der Waals surface area contributed by atoms with E-state index >= 15 is 0 Å². The molecule has 5 nitrogen and oxygen atoms in total. The second-order valence-electron chi connectivity index (χ2n) is 9.70. The summed E-state index contributed by atoms with van der Waals surface area (Å²) in [5, 5.41) is 3.71. The van der Waals surface area contributed by atoms with Crippen molar-refractivity contribution in [2.75, 3.05) is 13.2 Å². The molecule has 0 aromatic heterocycles. The molecule has 0 aliphatic rings. The Hall–Kier alpha value is -3.31. The van der Waals surface area contributed by atoms with Crippen LogP contribution in [-0.2, 0) is 22.6 Å². The number of halogens is 1. The number of ether oxygens (including phenoxy) is 1. The van der Waals surface area contributed by atoms with Gasteiger partial charge in [0.05, 0.1) is 6.61 Å². The Balaban J connectivity index is 1.79. The highest BCUT2D eigenvalue weighted by atomic mass is 35.5. The van der Waals surface area contributed by atoms with Crippen molar-refractivity contribution < 1.29 is 14.3 Å². The molecule has 0 unspecified atom stereocenters. The molecule has 0 aliphatic heterocycles. The molecule has 0 saturated carbocycles. The number of amides is 2. The predicted octanol–water partition coefficient (Wildman–Crippen LogP) is 6.22. The van der Waals surface area contributed by atoms with Crippen LogP contribution in [0.4, 0.5) is 0 Å². The van der Waals surface area contributed by atoms with Gasteiger partial charge in [-0.1, -0.05) is 80.0 Å². The Morgan fingerprint density at radius 3 is 2.30 bits per heavy atom. The molecule has 6 heteroatoms. The molecule has 3 aromatic carbocycles. The first kappa shape index (κ1) is 28.3. The van der Waals surface area contributed by atoms with Crippen molar-refractivity contribution in [1.82, 2.24) is 10.2 Å². The lowest BCUT2D eigenvalue weighted by atomic mass is 10.0. The first-order valence-electron chi connectivity index (χ1n) is 12.9. The SMILES string of the molecule is Cc1ccccc1CN(C(=O)CCCOc1ccc(Cl)cc1)[C@@H](Cc1ccccc1)C(=O)NCC(C)C. The minimum atomic E-state index is -0.620. The second-order valence-corrected chi connectivity index (χ2v) is 10.1. The van der Waals surface area contributed by atoms with Gasteiger partial charge < -0.3 is 15.0 Å². The van der Waals surface area contributed by atoms with E-state index in [9.17, 15) is 9.59 Å². The molecular formula is C31H37ClN2O3. The van der Waals surface area contributed by atoms with E-state index in [-0.39, 0.29) is 18.2 Å². The van der Waals surface area contributed by atoms with Gasteiger partial charge in [-0.3, -0.25) is 9.59 Å². The maximum Gasteiger partial charge on any atom is 0.243 e. The molecule has 1 N–H and O–H groups in total. The molecule has 3 aromatic rings. The monoisotopic (exact) mass is 520 g/mol. The van der Waals surface area contributed by atoms with Gasteiger partial charge in [0.15, 0.2) is 0 Å². The third-order valence-electron chi connectivity index (χ3n) is 6.17. The zero-order chi connectivity index (χ0) is 26.6. The van der Waals surface area contributed by atoms with Crippen LogP contribution in [0.5, 0.6) is 5.75 Å². The second kappa shape index (κ2) is 14.4. The van der Waals surface area contributed by atoms with Gasteiger partial charge in [-0.05, 0) is 60.2 Å². The lowest BCUT2D eigenvalue weighted by Gasteiger charge is -2.32. The van der Waals surface area contributed by atoms with Crippen molar-refractivity contribution in [2.24, 2.45) is 5.92 Å². The number of hydrogen-bond donors (Lipinski definition) is 1. The first-order chi connectivity index (χ1) is 17.8. The first-order valence-corrected chi connectivity index (χ1v) is 13.2. The van der Waals surface area contributed by atoms with E-state index in [2.05, 4.69) is 19.2 Å². The van der Waals surface area contributed by atoms with Gasteiger partial charge >= 0.3 is 0 Å². The quantitative estimate of drug-likeness (QED) is 0.272. The molecule has 0 bridgehead atoms. The maximum atomic E-state index is 13.7. The molecule has 2 amide bonds. The van der Waals surface area contributed by atoms with E-state index in [1.54, 1.807) is 17.0 Å². The Morgan fingerprint density at radius 1 is 0.946 bits per heavy atom. The van der Waals surface area contributed by atoms with Gasteiger partial charge in [0.1, 0.15) is 11.8 Å². The Labute approximate surface area is 225 Å². The third kappa shape index (κ3) is 9.25. The molecule has 0 fully saturated rings. The van der Waals surface area contributed by atoms with Crippen LogP contribution in [0.15, 0.2) is 78.9 Å². The van der Waals surface area contributed by atoms with E-state index in [4.69, 9.17) is 16.3 Å². The Bertz CT molecular complexity index is 1130. The van der Waals surface area contributed by atoms with Gasteiger partial charge in [0, 0.05) is 31.0 Å². The highest BCUT2D eigenvalue weighted by Crippen LogP contribution is 2.19. The average molecular weight is 521 g/mol. The molecule has 196 valence electrons. The summed E-state index contributed by atoms with van der Waals surface area (Å²) in [4.78, 5) is 28.9. The van der Waals surface area contributed by atoms with Crippen LogP contribution in [0.3, 0.4) is 0 Å². The summed E-state index contributed by atoms with van der Waals surface area (Å²) < 4.78 is 5.79. The molecule has 0 saturated heterocycles. The lowest BCUT2D eigenvalue weighted by molar-refractivity contribution is -0.141. The summed E-state index contributed by atoms with van der Waals surface area (Å²) >= 11 is 5.94. The summed E-state index contributed by atoms with van der Waals surface area (Å²) in [5.74, 6) is 0.830. The molecular weight excluding hydrogens is 484 g/mol. The van der Waals surface area contributed by atoms with Crippen molar-refractivity contribution in [1.29, 1.82) is 0 Å². The topological polar surface area (TPSA) is 58.6 Å². The van der Waals surface area contributed by atoms with E-state index in [0.717, 1.165) is 16.7 Å². The largest absolute Gasteiger partial charge is 0.494 e. The molecule has 0 radical (unpaired) electrons. The van der Waals surface area contributed by atoms with Gasteiger partial charge in [0.2, 0.25) is 11.8 Å². The predicted molar refractivity (Wildman–Crippen MR) is 150 cm³/mol. The smallest absolute Gasteiger partial charge is 0.243 e. The fourth-order valence-corrected chi connectivity index (χ4v) is 4.16. The van der Waals surface area contributed by atoms with Crippen LogP contribution in [0.2, 0.25) is 5.02 Å². The normalized spacial score (nSPS) is 11.7. The van der Waals surface area contributed by atoms with Gasteiger partial charge in [0.25, 0.3) is 0 Å². The van der Waals surface area contributed by atoms with Gasteiger partial charge in [-0.25, -0.2) is 0 Å². The van der Waals surface area contributed by atoms with Crippen LogP contribution in [-0.4, -0.2) is 35.9 Å². The zero-order valence-electron chi connectivity index (χ0n) is 22.0. The number of nitrogens with one attached hydrogen (secondary N) is 1. The van der Waals surface area contributed by atoms with Crippen LogP contribution in [0.1, 0.15) is 43.4 Å². The zero-order valence-corrected chi connectivity index (χ0v) is 22.7. The number of rotatable bonds is 13. The molecule has 0 aliphatic carbocycles. The van der Waals surface area contributed by atoms with Crippen molar-refractivity contribution in [3.05, 3.63) is 101 Å². The number of benzene rings is 3. The fourth-order valence-electron chi connectivity index (χ4n) is 4.04.